The van der Waals surface area contributed by atoms with Gasteiger partial charge in [0.05, 0.1) is 30.5 Å². The van der Waals surface area contributed by atoms with Gasteiger partial charge in [0.25, 0.3) is 10.0 Å². The number of sulfonamides is 1. The Labute approximate surface area is 174 Å². The molecule has 0 spiro atoms. The zero-order chi connectivity index (χ0) is 20.6. The average Bonchev–Trinajstić information content (AvgIpc) is 3.57. The Kier molecular flexibility index (Phi) is 5.35. The second-order valence-corrected chi connectivity index (χ2v) is 9.74. The van der Waals surface area contributed by atoms with Crippen molar-refractivity contribution in [3.05, 3.63) is 36.4 Å². The number of amides is 1. The van der Waals surface area contributed by atoms with E-state index in [1.165, 1.54) is 14.2 Å². The molecule has 0 unspecified atom stereocenters. The maximum atomic E-state index is 13.0. The number of hydrogen-bond donors (Lipinski definition) is 1. The molecule has 1 heterocycles. The predicted octanol–water partition coefficient (Wildman–Crippen LogP) is 3.35. The maximum Gasteiger partial charge on any atom is 0.261 e. The second-order valence-electron chi connectivity index (χ2n) is 6.92. The van der Waals surface area contributed by atoms with Crippen LogP contribution in [0.15, 0.2) is 46.2 Å². The lowest BCUT2D eigenvalue weighted by Gasteiger charge is -2.29. The molecule has 1 aliphatic carbocycles. The summed E-state index contributed by atoms with van der Waals surface area (Å²) >= 11 is 1.63. The van der Waals surface area contributed by atoms with E-state index in [9.17, 15) is 13.2 Å². The highest BCUT2D eigenvalue weighted by Crippen LogP contribution is 2.40. The highest BCUT2D eigenvalue weighted by atomic mass is 32.2. The van der Waals surface area contributed by atoms with Crippen molar-refractivity contribution in [2.75, 3.05) is 36.1 Å². The van der Waals surface area contributed by atoms with Gasteiger partial charge in [-0.1, -0.05) is 0 Å². The van der Waals surface area contributed by atoms with E-state index in [2.05, 4.69) is 4.72 Å². The number of benzene rings is 2. The van der Waals surface area contributed by atoms with Crippen LogP contribution in [0.1, 0.15) is 12.8 Å². The molecule has 9 heteroatoms. The fraction of sp³-hybridized carbons (Fsp3) is 0.350. The molecule has 7 nitrogen and oxygen atoms in total. The summed E-state index contributed by atoms with van der Waals surface area (Å²) in [5.41, 5.74) is 1.04. The molecule has 1 aliphatic heterocycles. The van der Waals surface area contributed by atoms with Gasteiger partial charge in [-0.3, -0.25) is 9.52 Å². The van der Waals surface area contributed by atoms with Gasteiger partial charge >= 0.3 is 0 Å². The topological polar surface area (TPSA) is 84.9 Å². The molecule has 1 saturated carbocycles. The fourth-order valence-corrected chi connectivity index (χ4v) is 5.30. The van der Waals surface area contributed by atoms with E-state index in [1.807, 2.05) is 0 Å². The van der Waals surface area contributed by atoms with E-state index in [-0.39, 0.29) is 16.7 Å². The molecule has 1 amide bonds. The first-order chi connectivity index (χ1) is 13.9. The van der Waals surface area contributed by atoms with Gasteiger partial charge in [0.2, 0.25) is 5.91 Å². The zero-order valence-electron chi connectivity index (χ0n) is 16.2. The molecule has 2 aromatic rings. The molecule has 1 fully saturated rings. The number of anilines is 2. The number of thioether (sulfide) groups is 1. The molecule has 29 heavy (non-hydrogen) atoms. The van der Waals surface area contributed by atoms with Gasteiger partial charge in [0.15, 0.2) is 11.5 Å². The van der Waals surface area contributed by atoms with Gasteiger partial charge in [-0.25, -0.2) is 8.42 Å². The SMILES string of the molecule is COc1ccc(NS(=O)(=O)c2ccc3c(c2)N(C(=O)C2CC2)CCS3)cc1OC. The Morgan fingerprint density at radius 3 is 2.55 bits per heavy atom. The maximum absolute atomic E-state index is 13.0. The van der Waals surface area contributed by atoms with Crippen LogP contribution >= 0.6 is 11.8 Å². The van der Waals surface area contributed by atoms with E-state index in [4.69, 9.17) is 9.47 Å². The highest BCUT2D eigenvalue weighted by Gasteiger charge is 2.36. The summed E-state index contributed by atoms with van der Waals surface area (Å²) in [6.45, 7) is 0.597. The van der Waals surface area contributed by atoms with E-state index in [0.29, 0.717) is 29.4 Å². The average molecular weight is 435 g/mol. The Balaban J connectivity index is 1.64. The molecule has 0 radical (unpaired) electrons. The van der Waals surface area contributed by atoms with E-state index in [1.54, 1.807) is 53.1 Å². The Morgan fingerprint density at radius 2 is 1.86 bits per heavy atom. The van der Waals surface area contributed by atoms with Gasteiger partial charge in [-0.05, 0) is 43.2 Å². The van der Waals surface area contributed by atoms with Crippen molar-refractivity contribution in [2.45, 2.75) is 22.6 Å². The third-order valence-electron chi connectivity index (χ3n) is 4.93. The summed E-state index contributed by atoms with van der Waals surface area (Å²) in [6.07, 6.45) is 1.83. The Bertz CT molecular complexity index is 1050. The molecular weight excluding hydrogens is 412 g/mol. The summed E-state index contributed by atoms with van der Waals surface area (Å²) in [5, 5.41) is 0. The smallest absolute Gasteiger partial charge is 0.261 e. The second kappa shape index (κ2) is 7.79. The first kappa shape index (κ1) is 19.9. The molecule has 4 rings (SSSR count). The molecule has 0 bridgehead atoms. The number of methoxy groups -OCH3 is 2. The van der Waals surface area contributed by atoms with Gasteiger partial charge in [0, 0.05) is 29.2 Å². The number of hydrogen-bond acceptors (Lipinski definition) is 6. The summed E-state index contributed by atoms with van der Waals surface area (Å²) in [7, 11) is -0.834. The van der Waals surface area contributed by atoms with Crippen LogP contribution in [-0.2, 0) is 14.8 Å². The molecule has 2 aromatic carbocycles. The predicted molar refractivity (Wildman–Crippen MR) is 113 cm³/mol. The number of nitrogens with zero attached hydrogens (tertiary/aromatic N) is 1. The third kappa shape index (κ3) is 4.02. The van der Waals surface area contributed by atoms with Crippen LogP contribution in [0.5, 0.6) is 11.5 Å². The van der Waals surface area contributed by atoms with Crippen LogP contribution in [0.3, 0.4) is 0 Å². The largest absolute Gasteiger partial charge is 0.493 e. The van der Waals surface area contributed by atoms with Crippen molar-refractivity contribution >= 4 is 39.1 Å². The van der Waals surface area contributed by atoms with Crippen molar-refractivity contribution < 1.29 is 22.7 Å². The van der Waals surface area contributed by atoms with Gasteiger partial charge < -0.3 is 14.4 Å². The monoisotopic (exact) mass is 434 g/mol. The fourth-order valence-electron chi connectivity index (χ4n) is 3.26. The lowest BCUT2D eigenvalue weighted by molar-refractivity contribution is -0.119. The molecule has 1 N–H and O–H groups in total. The minimum Gasteiger partial charge on any atom is -0.493 e. The Hall–Kier alpha value is -2.39. The zero-order valence-corrected chi connectivity index (χ0v) is 17.8. The summed E-state index contributed by atoms with van der Waals surface area (Å²) in [5.74, 6) is 1.91. The normalized spacial score (nSPS) is 16.1. The number of ether oxygens (including phenoxy) is 2. The van der Waals surface area contributed by atoms with E-state index >= 15 is 0 Å². The first-order valence-electron chi connectivity index (χ1n) is 9.26. The van der Waals surface area contributed by atoms with Crippen molar-refractivity contribution in [3.63, 3.8) is 0 Å². The van der Waals surface area contributed by atoms with Crippen molar-refractivity contribution in [1.29, 1.82) is 0 Å². The van der Waals surface area contributed by atoms with Crippen LogP contribution in [-0.4, -0.2) is 40.8 Å². The first-order valence-corrected chi connectivity index (χ1v) is 11.7. The quantitative estimate of drug-likeness (QED) is 0.751. The highest BCUT2D eigenvalue weighted by molar-refractivity contribution is 7.99. The standard InChI is InChI=1S/C20H22N2O5S2/c1-26-17-7-5-14(11-18(17)27-2)21-29(24,25)15-6-8-19-16(12-15)22(9-10-28-19)20(23)13-3-4-13/h5-8,11-13,21H,3-4,9-10H2,1-2H3. The van der Waals surface area contributed by atoms with Crippen LogP contribution in [0, 0.1) is 5.92 Å². The van der Waals surface area contributed by atoms with Crippen LogP contribution < -0.4 is 19.1 Å². The van der Waals surface area contributed by atoms with Crippen LogP contribution in [0.2, 0.25) is 0 Å². The number of rotatable bonds is 6. The number of fused-ring (bicyclic) bond motifs is 1. The summed E-state index contributed by atoms with van der Waals surface area (Å²) in [6, 6.07) is 9.74. The lowest BCUT2D eigenvalue weighted by Crippen LogP contribution is -2.36. The summed E-state index contributed by atoms with van der Waals surface area (Å²) < 4.78 is 38.9. The van der Waals surface area contributed by atoms with Gasteiger partial charge in [-0.2, -0.15) is 0 Å². The number of nitrogens with one attached hydrogen (secondary N) is 1. The van der Waals surface area contributed by atoms with Crippen molar-refractivity contribution in [1.82, 2.24) is 0 Å². The van der Waals surface area contributed by atoms with Crippen LogP contribution in [0.25, 0.3) is 0 Å². The van der Waals surface area contributed by atoms with Crippen LogP contribution in [0.4, 0.5) is 11.4 Å². The lowest BCUT2D eigenvalue weighted by atomic mass is 10.2. The molecular formula is C20H22N2O5S2. The molecule has 0 atom stereocenters. The Morgan fingerprint density at radius 1 is 1.10 bits per heavy atom. The van der Waals surface area contributed by atoms with Gasteiger partial charge in [0.1, 0.15) is 0 Å². The van der Waals surface area contributed by atoms with Gasteiger partial charge in [-0.15, -0.1) is 11.8 Å². The minimum absolute atomic E-state index is 0.0797. The number of carbonyl (C=O) groups excluding carboxylic acids is 1. The third-order valence-corrected chi connectivity index (χ3v) is 7.35. The number of carbonyl (C=O) groups is 1. The van der Waals surface area contributed by atoms with Crippen molar-refractivity contribution in [2.24, 2.45) is 5.92 Å². The van der Waals surface area contributed by atoms with Crippen molar-refractivity contribution in [3.8, 4) is 11.5 Å². The molecule has 154 valence electrons. The molecule has 2 aliphatic rings. The summed E-state index contributed by atoms with van der Waals surface area (Å²) in [4.78, 5) is 15.4. The molecule has 0 aromatic heterocycles. The van der Waals surface area contributed by atoms with E-state index in [0.717, 1.165) is 23.5 Å². The van der Waals surface area contributed by atoms with E-state index < -0.39 is 10.0 Å². The molecule has 0 saturated heterocycles. The minimum atomic E-state index is -3.84.